The van der Waals surface area contributed by atoms with Gasteiger partial charge < -0.3 is 9.64 Å². The van der Waals surface area contributed by atoms with Crippen molar-refractivity contribution in [3.63, 3.8) is 0 Å². The second kappa shape index (κ2) is 15.5. The van der Waals surface area contributed by atoms with Crippen molar-refractivity contribution in [2.45, 2.75) is 90.9 Å². The molecule has 0 atom stereocenters. The van der Waals surface area contributed by atoms with E-state index in [1.54, 1.807) is 7.11 Å². The maximum atomic E-state index is 13.0. The Morgan fingerprint density at radius 2 is 1.19 bits per heavy atom. The highest BCUT2D eigenvalue weighted by molar-refractivity contribution is 5.94. The van der Waals surface area contributed by atoms with E-state index < -0.39 is 0 Å². The topological polar surface area (TPSA) is 29.5 Å². The van der Waals surface area contributed by atoms with Gasteiger partial charge in [0.1, 0.15) is 5.75 Å². The van der Waals surface area contributed by atoms with Crippen LogP contribution in [0.25, 0.3) is 0 Å². The summed E-state index contributed by atoms with van der Waals surface area (Å²) in [7, 11) is 1.65. The number of ether oxygens (including phenoxy) is 1. The second-order valence-electron chi connectivity index (χ2n) is 7.56. The largest absolute Gasteiger partial charge is 0.497 e. The van der Waals surface area contributed by atoms with Crippen molar-refractivity contribution in [1.29, 1.82) is 0 Å². The van der Waals surface area contributed by atoms with Crippen LogP contribution in [0.5, 0.6) is 5.75 Å². The molecule has 3 nitrogen and oxygen atoms in total. The van der Waals surface area contributed by atoms with Crippen LogP contribution < -0.4 is 4.74 Å². The number of methoxy groups -OCH3 is 1. The summed E-state index contributed by atoms with van der Waals surface area (Å²) in [6.45, 7) is 6.25. The van der Waals surface area contributed by atoms with E-state index in [2.05, 4.69) is 18.7 Å². The van der Waals surface area contributed by atoms with E-state index in [1.165, 1.54) is 64.2 Å². The van der Waals surface area contributed by atoms with Gasteiger partial charge in [-0.3, -0.25) is 4.79 Å². The molecule has 1 aromatic rings. The molecule has 0 N–H and O–H groups in total. The fraction of sp³-hybridized carbons (Fsp3) is 0.708. The Bertz CT molecular complexity index is 468. The molecule has 27 heavy (non-hydrogen) atoms. The summed E-state index contributed by atoms with van der Waals surface area (Å²) in [6, 6.07) is 7.52. The molecule has 0 fully saturated rings. The summed E-state index contributed by atoms with van der Waals surface area (Å²) in [5.41, 5.74) is 0.771. The first-order valence-electron chi connectivity index (χ1n) is 11.2. The van der Waals surface area contributed by atoms with Crippen molar-refractivity contribution in [2.75, 3.05) is 20.2 Å². The maximum Gasteiger partial charge on any atom is 0.253 e. The van der Waals surface area contributed by atoms with Crippen molar-refractivity contribution < 1.29 is 9.53 Å². The monoisotopic (exact) mass is 375 g/mol. The van der Waals surface area contributed by atoms with Gasteiger partial charge in [-0.05, 0) is 37.1 Å². The molecule has 154 valence electrons. The molecule has 0 spiro atoms. The van der Waals surface area contributed by atoms with Gasteiger partial charge >= 0.3 is 0 Å². The molecule has 3 heteroatoms. The summed E-state index contributed by atoms with van der Waals surface area (Å²) in [4.78, 5) is 15.0. The van der Waals surface area contributed by atoms with Crippen LogP contribution in [0.1, 0.15) is 101 Å². The van der Waals surface area contributed by atoms with E-state index in [4.69, 9.17) is 4.74 Å². The zero-order chi connectivity index (χ0) is 19.7. The molecular weight excluding hydrogens is 334 g/mol. The predicted octanol–water partition coefficient (Wildman–Crippen LogP) is 6.86. The second-order valence-corrected chi connectivity index (χ2v) is 7.56. The van der Waals surface area contributed by atoms with Crippen molar-refractivity contribution in [1.82, 2.24) is 4.90 Å². The van der Waals surface area contributed by atoms with Crippen LogP contribution >= 0.6 is 0 Å². The number of unbranched alkanes of at least 4 members (excludes halogenated alkanes) is 10. The third-order valence-corrected chi connectivity index (χ3v) is 5.19. The molecule has 0 aliphatic rings. The van der Waals surface area contributed by atoms with Gasteiger partial charge in [0.25, 0.3) is 5.91 Å². The number of amides is 1. The number of hydrogen-bond donors (Lipinski definition) is 0. The standard InChI is InChI=1S/C24H41NO2/c1-4-6-8-10-12-14-20-25(21-15-13-11-9-7-5-2)24(26)22-16-18-23(27-3)19-17-22/h16-19H,4-15,20-21H2,1-3H3. The van der Waals surface area contributed by atoms with E-state index in [0.29, 0.717) is 0 Å². The van der Waals surface area contributed by atoms with Crippen LogP contribution in [0.15, 0.2) is 24.3 Å². The van der Waals surface area contributed by atoms with Gasteiger partial charge in [-0.15, -0.1) is 0 Å². The lowest BCUT2D eigenvalue weighted by Crippen LogP contribution is -2.33. The molecule has 1 aromatic carbocycles. The van der Waals surface area contributed by atoms with Crippen LogP contribution in [0, 0.1) is 0 Å². The fourth-order valence-electron chi connectivity index (χ4n) is 3.40. The van der Waals surface area contributed by atoms with Crippen LogP contribution in [-0.2, 0) is 0 Å². The maximum absolute atomic E-state index is 13.0. The smallest absolute Gasteiger partial charge is 0.253 e. The molecule has 0 aromatic heterocycles. The molecule has 0 saturated heterocycles. The molecule has 1 rings (SSSR count). The number of rotatable bonds is 16. The van der Waals surface area contributed by atoms with Crippen molar-refractivity contribution in [2.24, 2.45) is 0 Å². The van der Waals surface area contributed by atoms with Crippen LogP contribution in [-0.4, -0.2) is 31.0 Å². The molecule has 0 unspecified atom stereocenters. The van der Waals surface area contributed by atoms with Crippen LogP contribution in [0.4, 0.5) is 0 Å². The third kappa shape index (κ3) is 10.4. The lowest BCUT2D eigenvalue weighted by atomic mass is 10.1. The Hall–Kier alpha value is -1.51. The van der Waals surface area contributed by atoms with E-state index in [0.717, 1.165) is 37.2 Å². The third-order valence-electron chi connectivity index (χ3n) is 5.19. The van der Waals surface area contributed by atoms with Crippen molar-refractivity contribution >= 4 is 5.91 Å². The zero-order valence-electron chi connectivity index (χ0n) is 18.0. The highest BCUT2D eigenvalue weighted by Gasteiger charge is 2.15. The van der Waals surface area contributed by atoms with E-state index >= 15 is 0 Å². The molecule has 0 radical (unpaired) electrons. The highest BCUT2D eigenvalue weighted by atomic mass is 16.5. The Kier molecular flexibility index (Phi) is 13.5. The van der Waals surface area contributed by atoms with E-state index in [-0.39, 0.29) is 5.91 Å². The Balaban J connectivity index is 2.50. The van der Waals surface area contributed by atoms with Crippen LogP contribution in [0.2, 0.25) is 0 Å². The molecule has 0 bridgehead atoms. The van der Waals surface area contributed by atoms with E-state index in [1.807, 2.05) is 24.3 Å². The minimum atomic E-state index is 0.166. The van der Waals surface area contributed by atoms with Gasteiger partial charge in [0, 0.05) is 18.7 Å². The molecule has 0 heterocycles. The van der Waals surface area contributed by atoms with E-state index in [9.17, 15) is 4.79 Å². The van der Waals surface area contributed by atoms with Gasteiger partial charge in [-0.25, -0.2) is 0 Å². The van der Waals surface area contributed by atoms with Gasteiger partial charge in [-0.2, -0.15) is 0 Å². The number of carbonyl (C=O) groups is 1. The van der Waals surface area contributed by atoms with Gasteiger partial charge in [-0.1, -0.05) is 78.1 Å². The lowest BCUT2D eigenvalue weighted by molar-refractivity contribution is 0.0749. The number of carbonyl (C=O) groups excluding carboxylic acids is 1. The van der Waals surface area contributed by atoms with Crippen LogP contribution in [0.3, 0.4) is 0 Å². The molecule has 1 amide bonds. The van der Waals surface area contributed by atoms with Gasteiger partial charge in [0.05, 0.1) is 7.11 Å². The minimum Gasteiger partial charge on any atom is -0.497 e. The average molecular weight is 376 g/mol. The Morgan fingerprint density at radius 3 is 1.63 bits per heavy atom. The first-order chi connectivity index (χ1) is 13.2. The molecule has 0 aliphatic carbocycles. The lowest BCUT2D eigenvalue weighted by Gasteiger charge is -2.23. The summed E-state index contributed by atoms with van der Waals surface area (Å²) in [6.07, 6.45) is 15.1. The number of hydrogen-bond acceptors (Lipinski definition) is 2. The first kappa shape index (κ1) is 23.5. The molecule has 0 aliphatic heterocycles. The van der Waals surface area contributed by atoms with Gasteiger partial charge in [0.2, 0.25) is 0 Å². The quantitative estimate of drug-likeness (QED) is 0.295. The average Bonchev–Trinajstić information content (AvgIpc) is 2.71. The van der Waals surface area contributed by atoms with Crippen molar-refractivity contribution in [3.05, 3.63) is 29.8 Å². The summed E-state index contributed by atoms with van der Waals surface area (Å²) >= 11 is 0. The van der Waals surface area contributed by atoms with Gasteiger partial charge in [0.15, 0.2) is 0 Å². The number of benzene rings is 1. The zero-order valence-corrected chi connectivity index (χ0v) is 18.0. The fourth-order valence-corrected chi connectivity index (χ4v) is 3.40. The summed E-state index contributed by atoms with van der Waals surface area (Å²) in [5, 5.41) is 0. The first-order valence-corrected chi connectivity index (χ1v) is 11.2. The van der Waals surface area contributed by atoms with Crippen molar-refractivity contribution in [3.8, 4) is 5.75 Å². The summed E-state index contributed by atoms with van der Waals surface area (Å²) in [5.74, 6) is 0.963. The minimum absolute atomic E-state index is 0.166. The summed E-state index contributed by atoms with van der Waals surface area (Å²) < 4.78 is 5.21. The Morgan fingerprint density at radius 1 is 0.741 bits per heavy atom. The SMILES string of the molecule is CCCCCCCCN(CCCCCCCC)C(=O)c1ccc(OC)cc1. The number of nitrogens with zero attached hydrogens (tertiary/aromatic N) is 1. The normalized spacial score (nSPS) is 10.8. The molecule has 0 saturated carbocycles. The predicted molar refractivity (Wildman–Crippen MR) is 116 cm³/mol. The molecular formula is C24H41NO2. The Labute approximate surface area is 167 Å². The highest BCUT2D eigenvalue weighted by Crippen LogP contribution is 2.15.